The zero-order valence-corrected chi connectivity index (χ0v) is 24.2. The third-order valence-electron chi connectivity index (χ3n) is 15.4. The predicted octanol–water partition coefficient (Wildman–Crippen LogP) is 9.87. The lowest BCUT2D eigenvalue weighted by molar-refractivity contribution is -0.224. The van der Waals surface area contributed by atoms with Gasteiger partial charge in [-0.05, 0) is 139 Å². The topological polar surface area (TPSA) is 0 Å². The van der Waals surface area contributed by atoms with Crippen molar-refractivity contribution in [2.75, 3.05) is 0 Å². The van der Waals surface area contributed by atoms with Gasteiger partial charge in [-0.2, -0.15) is 0 Å². The van der Waals surface area contributed by atoms with E-state index in [0.717, 1.165) is 71.0 Å². The van der Waals surface area contributed by atoms with Gasteiger partial charge >= 0.3 is 0 Å². The Morgan fingerprint density at radius 2 is 1.56 bits per heavy atom. The van der Waals surface area contributed by atoms with Gasteiger partial charge in [0.25, 0.3) is 0 Å². The summed E-state index contributed by atoms with van der Waals surface area (Å²) in [5.41, 5.74) is 1.99. The van der Waals surface area contributed by atoms with E-state index >= 15 is 0 Å². The second kappa shape index (κ2) is 8.00. The summed E-state index contributed by atoms with van der Waals surface area (Å²) in [7, 11) is 0. The molecule has 0 saturated heterocycles. The minimum Gasteiger partial charge on any atom is -0.0654 e. The Morgan fingerprint density at radius 1 is 0.853 bits per heavy atom. The van der Waals surface area contributed by atoms with E-state index in [-0.39, 0.29) is 0 Å². The van der Waals surface area contributed by atoms with E-state index in [9.17, 15) is 0 Å². The highest BCUT2D eigenvalue weighted by molar-refractivity contribution is 5.29. The Kier molecular flexibility index (Phi) is 5.73. The molecular formula is C34H58. The van der Waals surface area contributed by atoms with E-state index in [0.29, 0.717) is 16.2 Å². The summed E-state index contributed by atoms with van der Waals surface area (Å²) in [5.74, 6) is 12.1. The Hall–Kier alpha value is 0. The molecule has 0 radical (unpaired) electrons. The Bertz CT molecular complexity index is 775. The van der Waals surface area contributed by atoms with Gasteiger partial charge in [0, 0.05) is 0 Å². The zero-order valence-electron chi connectivity index (χ0n) is 24.2. The molecule has 6 aliphatic carbocycles. The molecule has 0 amide bonds. The average molecular weight is 467 g/mol. The van der Waals surface area contributed by atoms with Crippen LogP contribution >= 0.6 is 0 Å². The molecule has 0 aromatic rings. The molecule has 0 aromatic carbocycles. The largest absolute Gasteiger partial charge is 0.0654 e. The first-order valence-corrected chi connectivity index (χ1v) is 16.3. The van der Waals surface area contributed by atoms with Crippen LogP contribution in [0.4, 0.5) is 0 Å². The van der Waals surface area contributed by atoms with Crippen molar-refractivity contribution in [2.45, 2.75) is 126 Å². The fourth-order valence-electron chi connectivity index (χ4n) is 14.6. The summed E-state index contributed by atoms with van der Waals surface area (Å²) in [6.45, 7) is 21.2. The molecule has 6 saturated carbocycles. The monoisotopic (exact) mass is 466 g/mol. The first kappa shape index (κ1) is 24.3. The maximum absolute atomic E-state index is 2.80. The molecule has 0 aliphatic heterocycles. The van der Waals surface area contributed by atoms with E-state index in [1.165, 1.54) is 25.7 Å². The Labute approximate surface area is 213 Å². The second-order valence-corrected chi connectivity index (χ2v) is 15.5. The van der Waals surface area contributed by atoms with Crippen LogP contribution in [0.3, 0.4) is 0 Å². The molecule has 0 heterocycles. The summed E-state index contributed by atoms with van der Waals surface area (Å²) in [5, 5.41) is 0. The van der Waals surface area contributed by atoms with Gasteiger partial charge in [-0.15, -0.1) is 0 Å². The molecule has 6 fully saturated rings. The highest BCUT2D eigenvalue weighted by atomic mass is 14.9. The minimum absolute atomic E-state index is 0.631. The highest BCUT2D eigenvalue weighted by Crippen LogP contribution is 2.87. The zero-order chi connectivity index (χ0) is 24.2. The van der Waals surface area contributed by atoms with Crippen molar-refractivity contribution in [1.82, 2.24) is 0 Å². The fraction of sp³-hybridized carbons (Fsp3) is 1.00. The van der Waals surface area contributed by atoms with Crippen LogP contribution in [-0.4, -0.2) is 0 Å². The molecule has 194 valence electrons. The van der Waals surface area contributed by atoms with Crippen molar-refractivity contribution >= 4 is 0 Å². The number of hydrogen-bond donors (Lipinski definition) is 0. The van der Waals surface area contributed by atoms with Gasteiger partial charge in [0.2, 0.25) is 0 Å². The van der Waals surface area contributed by atoms with Crippen LogP contribution in [0.5, 0.6) is 0 Å². The molecule has 0 aromatic heterocycles. The van der Waals surface area contributed by atoms with Gasteiger partial charge in [0.15, 0.2) is 0 Å². The van der Waals surface area contributed by atoms with E-state index in [1.807, 2.05) is 0 Å². The quantitative estimate of drug-likeness (QED) is 0.365. The van der Waals surface area contributed by atoms with E-state index in [4.69, 9.17) is 0 Å². The molecule has 0 spiro atoms. The fourth-order valence-corrected chi connectivity index (χ4v) is 14.6. The summed E-state index contributed by atoms with van der Waals surface area (Å²) in [4.78, 5) is 0. The van der Waals surface area contributed by atoms with Crippen LogP contribution in [-0.2, 0) is 0 Å². The lowest BCUT2D eigenvalue weighted by Gasteiger charge is -2.70. The lowest BCUT2D eigenvalue weighted by Crippen LogP contribution is -2.65. The number of rotatable bonds is 6. The molecule has 6 rings (SSSR count). The summed E-state index contributed by atoms with van der Waals surface area (Å²) in [6, 6.07) is 0. The van der Waals surface area contributed by atoms with Crippen LogP contribution in [0, 0.1) is 87.3 Å². The third kappa shape index (κ3) is 2.59. The van der Waals surface area contributed by atoms with Gasteiger partial charge in [-0.25, -0.2) is 0 Å². The molecule has 4 bridgehead atoms. The second-order valence-electron chi connectivity index (χ2n) is 15.5. The molecule has 0 N–H and O–H groups in total. The highest BCUT2D eigenvalue weighted by Gasteiger charge is 2.81. The molecule has 13 unspecified atom stereocenters. The number of fused-ring (bicyclic) bond motifs is 4. The van der Waals surface area contributed by atoms with Gasteiger partial charge in [0.05, 0.1) is 0 Å². The summed E-state index contributed by atoms with van der Waals surface area (Å²) < 4.78 is 0. The van der Waals surface area contributed by atoms with Crippen molar-refractivity contribution in [3.63, 3.8) is 0 Å². The number of hydrogen-bond acceptors (Lipinski definition) is 0. The lowest BCUT2D eigenvalue weighted by atomic mass is 9.34. The maximum Gasteiger partial charge on any atom is -0.0178 e. The van der Waals surface area contributed by atoms with Crippen LogP contribution in [0.2, 0.25) is 0 Å². The Morgan fingerprint density at radius 3 is 2.18 bits per heavy atom. The molecule has 13 atom stereocenters. The van der Waals surface area contributed by atoms with Crippen LogP contribution in [0.1, 0.15) is 126 Å². The van der Waals surface area contributed by atoms with Crippen LogP contribution in [0.25, 0.3) is 0 Å². The minimum atomic E-state index is 0.631. The van der Waals surface area contributed by atoms with Gasteiger partial charge in [-0.3, -0.25) is 0 Å². The smallest absolute Gasteiger partial charge is 0.0178 e. The normalized spacial score (nSPS) is 56.6. The molecule has 0 heteroatoms. The maximum atomic E-state index is 2.80. The average Bonchev–Trinajstić information content (AvgIpc) is 3.39. The molecule has 0 nitrogen and oxygen atoms in total. The van der Waals surface area contributed by atoms with Crippen molar-refractivity contribution in [2.24, 2.45) is 87.3 Å². The van der Waals surface area contributed by atoms with Crippen LogP contribution < -0.4 is 0 Å². The van der Waals surface area contributed by atoms with Gasteiger partial charge < -0.3 is 0 Å². The Balaban J connectivity index is 1.60. The van der Waals surface area contributed by atoms with Crippen LogP contribution in [0.15, 0.2) is 0 Å². The van der Waals surface area contributed by atoms with Crippen molar-refractivity contribution in [1.29, 1.82) is 0 Å². The summed E-state index contributed by atoms with van der Waals surface area (Å²) >= 11 is 0. The first-order chi connectivity index (χ1) is 16.3. The van der Waals surface area contributed by atoms with Crippen molar-refractivity contribution < 1.29 is 0 Å². The first-order valence-electron chi connectivity index (χ1n) is 16.3. The van der Waals surface area contributed by atoms with E-state index in [1.54, 1.807) is 44.9 Å². The third-order valence-corrected chi connectivity index (χ3v) is 15.4. The standard InChI is InChI=1S/C34H58/c1-9-14-33-19-24-18-27(33)31-29(28(20(5)6)22(8)34(31,33)12-4)30-26-17-23(16-25(26)21(24)7)13-15-32(30,10-2)11-3/h20-31H,9-19H2,1-8H3. The SMILES string of the molecule is CCCC12CC3CC1C1C(C(C(C)C)C(C)C12CC)C1C2CC(CCC1(CC)CC)CC2C3C. The van der Waals surface area contributed by atoms with Gasteiger partial charge in [0.1, 0.15) is 0 Å². The summed E-state index contributed by atoms with van der Waals surface area (Å²) in [6.07, 6.45) is 16.9. The van der Waals surface area contributed by atoms with E-state index in [2.05, 4.69) is 55.4 Å². The van der Waals surface area contributed by atoms with Gasteiger partial charge in [-0.1, -0.05) is 74.7 Å². The van der Waals surface area contributed by atoms with Crippen molar-refractivity contribution in [3.8, 4) is 0 Å². The van der Waals surface area contributed by atoms with Crippen molar-refractivity contribution in [3.05, 3.63) is 0 Å². The molecule has 34 heavy (non-hydrogen) atoms. The molecular weight excluding hydrogens is 408 g/mol. The van der Waals surface area contributed by atoms with E-state index < -0.39 is 0 Å². The molecule has 6 aliphatic rings. The predicted molar refractivity (Wildman–Crippen MR) is 145 cm³/mol.